The van der Waals surface area contributed by atoms with Gasteiger partial charge in [0.1, 0.15) is 0 Å². The highest BCUT2D eigenvalue weighted by molar-refractivity contribution is 5.02. The van der Waals surface area contributed by atoms with Crippen molar-refractivity contribution in [1.29, 1.82) is 0 Å². The molecule has 0 radical (unpaired) electrons. The van der Waals surface area contributed by atoms with Crippen LogP contribution in [0.5, 0.6) is 0 Å². The van der Waals surface area contributed by atoms with Gasteiger partial charge in [0.05, 0.1) is 5.60 Å². The molecular formula is C10H20O2. The Morgan fingerprint density at radius 1 is 1.50 bits per heavy atom. The Kier molecular flexibility index (Phi) is 3.53. The zero-order chi connectivity index (χ0) is 9.03. The SMILES string of the molecule is CCCC1CC1(O)CCOCC. The van der Waals surface area contributed by atoms with Gasteiger partial charge in [0.15, 0.2) is 0 Å². The first-order chi connectivity index (χ1) is 5.73. The highest BCUT2D eigenvalue weighted by Crippen LogP contribution is 2.48. The van der Waals surface area contributed by atoms with Crippen LogP contribution in [0.15, 0.2) is 0 Å². The zero-order valence-electron chi connectivity index (χ0n) is 8.18. The highest BCUT2D eigenvalue weighted by Gasteiger charge is 2.51. The summed E-state index contributed by atoms with van der Waals surface area (Å²) in [5.74, 6) is 0.558. The molecule has 72 valence electrons. The third-order valence-corrected chi connectivity index (χ3v) is 2.72. The van der Waals surface area contributed by atoms with Crippen LogP contribution in [-0.4, -0.2) is 23.9 Å². The molecule has 2 unspecified atom stereocenters. The molecule has 1 N–H and O–H groups in total. The highest BCUT2D eigenvalue weighted by atomic mass is 16.5. The van der Waals surface area contributed by atoms with Crippen LogP contribution in [0.2, 0.25) is 0 Å². The van der Waals surface area contributed by atoms with E-state index < -0.39 is 0 Å². The Morgan fingerprint density at radius 2 is 2.25 bits per heavy atom. The van der Waals surface area contributed by atoms with Crippen LogP contribution >= 0.6 is 0 Å². The van der Waals surface area contributed by atoms with Gasteiger partial charge < -0.3 is 9.84 Å². The quantitative estimate of drug-likeness (QED) is 0.621. The van der Waals surface area contributed by atoms with Crippen molar-refractivity contribution < 1.29 is 9.84 Å². The summed E-state index contributed by atoms with van der Waals surface area (Å²) in [5, 5.41) is 9.87. The molecule has 12 heavy (non-hydrogen) atoms. The van der Waals surface area contributed by atoms with Crippen LogP contribution in [0, 0.1) is 5.92 Å². The predicted octanol–water partition coefficient (Wildman–Crippen LogP) is 1.96. The third-order valence-electron chi connectivity index (χ3n) is 2.72. The van der Waals surface area contributed by atoms with Gasteiger partial charge in [0, 0.05) is 13.2 Å². The summed E-state index contributed by atoms with van der Waals surface area (Å²) in [4.78, 5) is 0. The molecule has 0 amide bonds. The predicted molar refractivity (Wildman–Crippen MR) is 49.1 cm³/mol. The van der Waals surface area contributed by atoms with Gasteiger partial charge in [0.2, 0.25) is 0 Å². The maximum absolute atomic E-state index is 9.87. The Morgan fingerprint density at radius 3 is 2.83 bits per heavy atom. The van der Waals surface area contributed by atoms with E-state index in [0.717, 1.165) is 19.4 Å². The summed E-state index contributed by atoms with van der Waals surface area (Å²) < 4.78 is 5.22. The Hall–Kier alpha value is -0.0800. The zero-order valence-corrected chi connectivity index (χ0v) is 8.18. The van der Waals surface area contributed by atoms with Crippen LogP contribution in [0.3, 0.4) is 0 Å². The molecule has 2 atom stereocenters. The average Bonchev–Trinajstić information content (AvgIpc) is 2.64. The molecule has 0 spiro atoms. The molecule has 2 nitrogen and oxygen atoms in total. The molecule has 1 saturated carbocycles. The number of hydrogen-bond donors (Lipinski definition) is 1. The minimum absolute atomic E-state index is 0.356. The summed E-state index contributed by atoms with van der Waals surface area (Å²) in [6, 6.07) is 0. The largest absolute Gasteiger partial charge is 0.389 e. The summed E-state index contributed by atoms with van der Waals surface area (Å²) in [7, 11) is 0. The third kappa shape index (κ3) is 2.46. The van der Waals surface area contributed by atoms with E-state index in [1.807, 2.05) is 6.92 Å². The van der Waals surface area contributed by atoms with E-state index in [0.29, 0.717) is 12.5 Å². The standard InChI is InChI=1S/C10H20O2/c1-3-5-9-8-10(9,11)6-7-12-4-2/h9,11H,3-8H2,1-2H3. The molecule has 1 fully saturated rings. The Bertz CT molecular complexity index is 136. The van der Waals surface area contributed by atoms with Crippen molar-refractivity contribution in [1.82, 2.24) is 0 Å². The molecule has 0 bridgehead atoms. The molecular weight excluding hydrogens is 152 g/mol. The number of ether oxygens (including phenoxy) is 1. The van der Waals surface area contributed by atoms with Crippen LogP contribution in [-0.2, 0) is 4.74 Å². The van der Waals surface area contributed by atoms with E-state index >= 15 is 0 Å². The Labute approximate surface area is 74.9 Å². The molecule has 0 aromatic heterocycles. The fourth-order valence-corrected chi connectivity index (χ4v) is 1.79. The van der Waals surface area contributed by atoms with Gasteiger partial charge in [0.25, 0.3) is 0 Å². The lowest BCUT2D eigenvalue weighted by Crippen LogP contribution is -2.14. The fourth-order valence-electron chi connectivity index (χ4n) is 1.79. The molecule has 2 heteroatoms. The van der Waals surface area contributed by atoms with Crippen LogP contribution in [0.1, 0.15) is 39.5 Å². The summed E-state index contributed by atoms with van der Waals surface area (Å²) >= 11 is 0. The molecule has 1 aliphatic rings. The summed E-state index contributed by atoms with van der Waals surface area (Å²) in [6.07, 6.45) is 4.17. The first-order valence-corrected chi connectivity index (χ1v) is 5.03. The monoisotopic (exact) mass is 172 g/mol. The maximum atomic E-state index is 9.87. The smallest absolute Gasteiger partial charge is 0.0702 e. The van der Waals surface area contributed by atoms with Crippen molar-refractivity contribution in [2.75, 3.05) is 13.2 Å². The molecule has 1 rings (SSSR count). The van der Waals surface area contributed by atoms with Gasteiger partial charge in [-0.05, 0) is 32.1 Å². The van der Waals surface area contributed by atoms with E-state index in [4.69, 9.17) is 4.74 Å². The lowest BCUT2D eigenvalue weighted by molar-refractivity contribution is 0.0636. The van der Waals surface area contributed by atoms with Gasteiger partial charge in [-0.3, -0.25) is 0 Å². The number of aliphatic hydroxyl groups is 1. The Balaban J connectivity index is 2.08. The van der Waals surface area contributed by atoms with Crippen molar-refractivity contribution in [2.24, 2.45) is 5.92 Å². The van der Waals surface area contributed by atoms with Crippen molar-refractivity contribution in [3.63, 3.8) is 0 Å². The topological polar surface area (TPSA) is 29.5 Å². The maximum Gasteiger partial charge on any atom is 0.0702 e. The lowest BCUT2D eigenvalue weighted by Gasteiger charge is -2.09. The first kappa shape index (κ1) is 10.0. The van der Waals surface area contributed by atoms with Gasteiger partial charge in [-0.1, -0.05) is 13.3 Å². The van der Waals surface area contributed by atoms with Crippen molar-refractivity contribution in [3.05, 3.63) is 0 Å². The van der Waals surface area contributed by atoms with E-state index in [1.54, 1.807) is 0 Å². The second-order valence-electron chi connectivity index (χ2n) is 3.74. The van der Waals surface area contributed by atoms with E-state index in [-0.39, 0.29) is 5.60 Å². The van der Waals surface area contributed by atoms with E-state index in [9.17, 15) is 5.11 Å². The molecule has 0 aromatic carbocycles. The van der Waals surface area contributed by atoms with Crippen molar-refractivity contribution in [2.45, 2.75) is 45.1 Å². The lowest BCUT2D eigenvalue weighted by atomic mass is 10.1. The molecule has 0 aromatic rings. The minimum Gasteiger partial charge on any atom is -0.389 e. The molecule has 1 aliphatic carbocycles. The second kappa shape index (κ2) is 4.24. The molecule has 0 heterocycles. The minimum atomic E-state index is -0.356. The molecule has 0 aliphatic heterocycles. The van der Waals surface area contributed by atoms with Gasteiger partial charge in [-0.25, -0.2) is 0 Å². The van der Waals surface area contributed by atoms with E-state index in [1.165, 1.54) is 12.8 Å². The van der Waals surface area contributed by atoms with Crippen LogP contribution in [0.25, 0.3) is 0 Å². The number of rotatable bonds is 6. The summed E-state index contributed by atoms with van der Waals surface area (Å²) in [6.45, 7) is 5.63. The molecule has 0 saturated heterocycles. The van der Waals surface area contributed by atoms with Crippen molar-refractivity contribution in [3.8, 4) is 0 Å². The second-order valence-corrected chi connectivity index (χ2v) is 3.74. The van der Waals surface area contributed by atoms with Gasteiger partial charge in [-0.2, -0.15) is 0 Å². The summed E-state index contributed by atoms with van der Waals surface area (Å²) in [5.41, 5.74) is -0.356. The fraction of sp³-hybridized carbons (Fsp3) is 1.00. The normalized spacial score (nSPS) is 33.8. The van der Waals surface area contributed by atoms with Gasteiger partial charge >= 0.3 is 0 Å². The first-order valence-electron chi connectivity index (χ1n) is 5.03. The van der Waals surface area contributed by atoms with Crippen LogP contribution in [0.4, 0.5) is 0 Å². The van der Waals surface area contributed by atoms with Crippen molar-refractivity contribution >= 4 is 0 Å². The average molecular weight is 172 g/mol. The van der Waals surface area contributed by atoms with E-state index in [2.05, 4.69) is 6.92 Å². The van der Waals surface area contributed by atoms with Gasteiger partial charge in [-0.15, -0.1) is 0 Å². The number of hydrogen-bond acceptors (Lipinski definition) is 2. The van der Waals surface area contributed by atoms with Crippen LogP contribution < -0.4 is 0 Å².